The van der Waals surface area contributed by atoms with Gasteiger partial charge < -0.3 is 24.7 Å². The van der Waals surface area contributed by atoms with Crippen LogP contribution in [0.2, 0.25) is 5.02 Å². The lowest BCUT2D eigenvalue weighted by Gasteiger charge is -2.05. The Labute approximate surface area is 148 Å². The van der Waals surface area contributed by atoms with Crippen LogP contribution in [-0.2, 0) is 11.3 Å². The Hall–Kier alpha value is -3.12. The van der Waals surface area contributed by atoms with Gasteiger partial charge in [-0.3, -0.25) is 0 Å². The normalized spacial score (nSPS) is 10.4. The Balaban J connectivity index is 1.72. The molecule has 128 valence electrons. The molecule has 0 saturated heterocycles. The largest absolute Gasteiger partial charge is 0.514 e. The Morgan fingerprint density at radius 3 is 2.48 bits per heavy atom. The van der Waals surface area contributed by atoms with Gasteiger partial charge in [-0.15, -0.1) is 0 Å². The summed E-state index contributed by atoms with van der Waals surface area (Å²) >= 11 is 5.83. The molecule has 0 bridgehead atoms. The van der Waals surface area contributed by atoms with Crippen molar-refractivity contribution in [1.82, 2.24) is 0 Å². The predicted octanol–water partition coefficient (Wildman–Crippen LogP) is 4.60. The van der Waals surface area contributed by atoms with Crippen LogP contribution in [0.4, 0.5) is 10.7 Å². The smallest absolute Gasteiger partial charge is 0.502 e. The van der Waals surface area contributed by atoms with Crippen molar-refractivity contribution in [1.29, 1.82) is 0 Å². The van der Waals surface area contributed by atoms with E-state index in [2.05, 4.69) is 0 Å². The molecule has 3 N–H and O–H groups in total. The highest BCUT2D eigenvalue weighted by molar-refractivity contribution is 6.30. The first kappa shape index (κ1) is 16.7. The zero-order valence-corrected chi connectivity index (χ0v) is 13.7. The van der Waals surface area contributed by atoms with Crippen LogP contribution >= 0.6 is 11.6 Å². The molecule has 1 heterocycles. The van der Waals surface area contributed by atoms with E-state index in [1.807, 2.05) is 18.2 Å². The first-order valence-electron chi connectivity index (χ1n) is 7.30. The highest BCUT2D eigenvalue weighted by Crippen LogP contribution is 2.44. The summed E-state index contributed by atoms with van der Waals surface area (Å²) in [5.41, 5.74) is 7.01. The zero-order chi connectivity index (χ0) is 17.8. The lowest BCUT2D eigenvalue weighted by molar-refractivity contribution is 0.0919. The van der Waals surface area contributed by atoms with E-state index in [4.69, 9.17) is 31.2 Å². The molecule has 0 amide bonds. The average Bonchev–Trinajstić information content (AvgIpc) is 2.90. The summed E-state index contributed by atoms with van der Waals surface area (Å²) in [6.45, 7) is 0.0300. The molecule has 0 atom stereocenters. The molecule has 0 unspecified atom stereocenters. The van der Waals surface area contributed by atoms with Gasteiger partial charge in [-0.1, -0.05) is 41.9 Å². The highest BCUT2D eigenvalue weighted by atomic mass is 35.5. The van der Waals surface area contributed by atoms with Crippen LogP contribution in [0.3, 0.4) is 0 Å². The monoisotopic (exact) mass is 359 g/mol. The van der Waals surface area contributed by atoms with Gasteiger partial charge in [-0.25, -0.2) is 4.79 Å². The van der Waals surface area contributed by atoms with Crippen molar-refractivity contribution in [3.05, 3.63) is 65.2 Å². The van der Waals surface area contributed by atoms with Crippen molar-refractivity contribution in [2.45, 2.75) is 6.61 Å². The number of carbonyl (C=O) groups is 1. The van der Waals surface area contributed by atoms with Gasteiger partial charge in [-0.05, 0) is 29.8 Å². The molecule has 0 aliphatic heterocycles. The van der Waals surface area contributed by atoms with Crippen LogP contribution in [0, 0.1) is 0 Å². The topological polar surface area (TPSA) is 94.9 Å². The summed E-state index contributed by atoms with van der Waals surface area (Å²) in [4.78, 5) is 11.8. The Morgan fingerprint density at radius 1 is 1.12 bits per heavy atom. The minimum Gasteiger partial charge on any atom is -0.502 e. The second kappa shape index (κ2) is 7.19. The van der Waals surface area contributed by atoms with E-state index in [9.17, 15) is 9.90 Å². The predicted molar refractivity (Wildman–Crippen MR) is 92.5 cm³/mol. The summed E-state index contributed by atoms with van der Waals surface area (Å²) in [5, 5.41) is 10.8. The number of anilines is 1. The number of benzene rings is 2. The number of halogens is 1. The molecular formula is C18H14ClNO5. The number of carbonyl (C=O) groups excluding carboxylic acids is 1. The quantitative estimate of drug-likeness (QED) is 0.661. The van der Waals surface area contributed by atoms with Crippen LogP contribution in [-0.4, -0.2) is 11.3 Å². The van der Waals surface area contributed by atoms with E-state index in [-0.39, 0.29) is 24.0 Å². The molecule has 1 aromatic heterocycles. The summed E-state index contributed by atoms with van der Waals surface area (Å²) in [6.07, 6.45) is -1.01. The van der Waals surface area contributed by atoms with E-state index < -0.39 is 11.9 Å². The number of ether oxygens (including phenoxy) is 2. The molecule has 3 rings (SSSR count). The lowest BCUT2D eigenvalue weighted by atomic mass is 10.1. The van der Waals surface area contributed by atoms with E-state index in [0.717, 1.165) is 5.56 Å². The van der Waals surface area contributed by atoms with Gasteiger partial charge in [0, 0.05) is 10.6 Å². The van der Waals surface area contributed by atoms with E-state index in [0.29, 0.717) is 10.6 Å². The van der Waals surface area contributed by atoms with Crippen LogP contribution < -0.4 is 10.5 Å². The number of aromatic hydroxyl groups is 1. The number of rotatable bonds is 4. The Kier molecular flexibility index (Phi) is 4.81. The van der Waals surface area contributed by atoms with Crippen LogP contribution in [0.25, 0.3) is 11.3 Å². The number of hydrogen-bond donors (Lipinski definition) is 2. The molecule has 0 saturated carbocycles. The second-order valence-corrected chi connectivity index (χ2v) is 5.54. The van der Waals surface area contributed by atoms with Crippen molar-refractivity contribution in [3.8, 4) is 22.8 Å². The van der Waals surface area contributed by atoms with Gasteiger partial charge in [0.05, 0.1) is 0 Å². The SMILES string of the molecule is Nc1oc(-c2ccc(Cl)cc2)c(O)c1OC(=O)OCc1ccccc1. The zero-order valence-electron chi connectivity index (χ0n) is 12.9. The lowest BCUT2D eigenvalue weighted by Crippen LogP contribution is -2.11. The maximum atomic E-state index is 11.8. The molecule has 7 heteroatoms. The van der Waals surface area contributed by atoms with E-state index >= 15 is 0 Å². The minimum atomic E-state index is -1.01. The minimum absolute atomic E-state index is 0.0300. The molecule has 0 fully saturated rings. The third-order valence-electron chi connectivity index (χ3n) is 3.36. The average molecular weight is 360 g/mol. The standard InChI is InChI=1S/C18H14ClNO5/c19-13-8-6-12(7-9-13)15-14(21)16(17(20)24-15)25-18(22)23-10-11-4-2-1-3-5-11/h1-9,21H,10,20H2. The molecule has 0 aliphatic carbocycles. The van der Waals surface area contributed by atoms with Crippen molar-refractivity contribution >= 4 is 23.6 Å². The maximum absolute atomic E-state index is 11.8. The van der Waals surface area contributed by atoms with Crippen LogP contribution in [0.1, 0.15) is 5.56 Å². The van der Waals surface area contributed by atoms with Gasteiger partial charge >= 0.3 is 6.16 Å². The van der Waals surface area contributed by atoms with E-state index in [1.165, 1.54) is 0 Å². The van der Waals surface area contributed by atoms with Gasteiger partial charge in [0.1, 0.15) is 6.61 Å². The molecule has 0 radical (unpaired) electrons. The number of nitrogens with two attached hydrogens (primary N) is 1. The maximum Gasteiger partial charge on any atom is 0.514 e. The fourth-order valence-corrected chi connectivity index (χ4v) is 2.28. The first-order valence-corrected chi connectivity index (χ1v) is 7.68. The molecule has 0 spiro atoms. The number of hydrogen-bond acceptors (Lipinski definition) is 6. The summed E-state index contributed by atoms with van der Waals surface area (Å²) in [5.74, 6) is -0.848. The summed E-state index contributed by atoms with van der Waals surface area (Å²) in [6, 6.07) is 15.6. The summed E-state index contributed by atoms with van der Waals surface area (Å²) < 4.78 is 15.2. The summed E-state index contributed by atoms with van der Waals surface area (Å²) in [7, 11) is 0. The van der Waals surface area contributed by atoms with Crippen LogP contribution in [0.15, 0.2) is 59.0 Å². The van der Waals surface area contributed by atoms with Gasteiger partial charge in [0.15, 0.2) is 5.76 Å². The Bertz CT molecular complexity index is 874. The molecule has 0 aliphatic rings. The third-order valence-corrected chi connectivity index (χ3v) is 3.61. The fourth-order valence-electron chi connectivity index (χ4n) is 2.15. The van der Waals surface area contributed by atoms with Gasteiger partial charge in [-0.2, -0.15) is 0 Å². The van der Waals surface area contributed by atoms with Crippen molar-refractivity contribution < 1.29 is 23.8 Å². The van der Waals surface area contributed by atoms with Crippen molar-refractivity contribution in [2.24, 2.45) is 0 Å². The second-order valence-electron chi connectivity index (χ2n) is 5.11. The molecule has 3 aromatic rings. The molecular weight excluding hydrogens is 346 g/mol. The van der Waals surface area contributed by atoms with Crippen LogP contribution in [0.5, 0.6) is 11.5 Å². The van der Waals surface area contributed by atoms with Crippen molar-refractivity contribution in [2.75, 3.05) is 5.73 Å². The fraction of sp³-hybridized carbons (Fsp3) is 0.0556. The van der Waals surface area contributed by atoms with E-state index in [1.54, 1.807) is 36.4 Å². The number of nitrogen functional groups attached to an aromatic ring is 1. The first-order chi connectivity index (χ1) is 12.0. The van der Waals surface area contributed by atoms with Gasteiger partial charge in [0.25, 0.3) is 0 Å². The molecule has 2 aromatic carbocycles. The molecule has 6 nitrogen and oxygen atoms in total. The highest BCUT2D eigenvalue weighted by Gasteiger charge is 2.24. The number of furan rings is 1. The van der Waals surface area contributed by atoms with Crippen molar-refractivity contribution in [3.63, 3.8) is 0 Å². The Morgan fingerprint density at radius 2 is 1.80 bits per heavy atom. The van der Waals surface area contributed by atoms with Gasteiger partial charge in [0.2, 0.25) is 17.4 Å². The third kappa shape index (κ3) is 3.87. The molecule has 25 heavy (non-hydrogen) atoms.